The summed E-state index contributed by atoms with van der Waals surface area (Å²) in [4.78, 5) is 11.0. The summed E-state index contributed by atoms with van der Waals surface area (Å²) in [6, 6.07) is 7.80. The Morgan fingerprint density at radius 3 is 2.44 bits per heavy atom. The van der Waals surface area contributed by atoms with Gasteiger partial charge in [-0.1, -0.05) is 12.1 Å². The van der Waals surface area contributed by atoms with Gasteiger partial charge in [0, 0.05) is 6.54 Å². The Labute approximate surface area is 162 Å². The molecule has 1 heterocycles. The van der Waals surface area contributed by atoms with Gasteiger partial charge in [-0.25, -0.2) is 17.5 Å². The quantitative estimate of drug-likeness (QED) is 0.729. The molecule has 0 unspecified atom stereocenters. The zero-order chi connectivity index (χ0) is 19.4. The predicted octanol–water partition coefficient (Wildman–Crippen LogP) is 3.65. The molecule has 146 valence electrons. The van der Waals surface area contributed by atoms with E-state index in [0.717, 1.165) is 5.56 Å². The van der Waals surface area contributed by atoms with Crippen LogP contribution in [0.2, 0.25) is 0 Å². The van der Waals surface area contributed by atoms with Crippen LogP contribution < -0.4 is 4.72 Å². The molecule has 8 heteroatoms. The number of benzene rings is 1. The Balaban J connectivity index is 1.61. The van der Waals surface area contributed by atoms with E-state index in [0.29, 0.717) is 44.2 Å². The molecule has 2 N–H and O–H groups in total. The molecule has 2 aromatic rings. The predicted molar refractivity (Wildman–Crippen MR) is 102 cm³/mol. The molecule has 1 saturated carbocycles. The number of carbonyl (C=O) groups is 1. The second kappa shape index (κ2) is 8.50. The minimum Gasteiger partial charge on any atom is -0.481 e. The standard InChI is InChI=1S/C19H22FNO4S2/c20-17-7-3-13(4-8-17)11-16-9-10-26-19(16)27(24,25)21-12-14-1-5-15(6-2-14)18(22)23/h3-4,7-10,14-15,21H,1-2,5-6,11-12H2,(H,22,23). The Morgan fingerprint density at radius 1 is 1.15 bits per heavy atom. The van der Waals surface area contributed by atoms with E-state index in [1.165, 1.54) is 23.5 Å². The molecule has 1 aliphatic carbocycles. The molecule has 0 spiro atoms. The van der Waals surface area contributed by atoms with Gasteiger partial charge in [0.25, 0.3) is 0 Å². The molecular weight excluding hydrogens is 389 g/mol. The summed E-state index contributed by atoms with van der Waals surface area (Å²) < 4.78 is 41.4. The van der Waals surface area contributed by atoms with E-state index in [9.17, 15) is 17.6 Å². The summed E-state index contributed by atoms with van der Waals surface area (Å²) in [5.74, 6) is -1.23. The van der Waals surface area contributed by atoms with E-state index < -0.39 is 16.0 Å². The van der Waals surface area contributed by atoms with Crippen molar-refractivity contribution in [3.05, 3.63) is 52.7 Å². The Bertz CT molecular complexity index is 885. The third-order valence-electron chi connectivity index (χ3n) is 5.02. The summed E-state index contributed by atoms with van der Waals surface area (Å²) in [6.45, 7) is 0.322. The van der Waals surface area contributed by atoms with Crippen molar-refractivity contribution < 1.29 is 22.7 Å². The lowest BCUT2D eigenvalue weighted by Crippen LogP contribution is -2.32. The number of hydrogen-bond acceptors (Lipinski definition) is 4. The van der Waals surface area contributed by atoms with Crippen LogP contribution in [0.3, 0.4) is 0 Å². The average molecular weight is 412 g/mol. The monoisotopic (exact) mass is 411 g/mol. The summed E-state index contributed by atoms with van der Waals surface area (Å²) in [6.07, 6.45) is 3.04. The van der Waals surface area contributed by atoms with Crippen LogP contribution in [0.5, 0.6) is 0 Å². The molecule has 1 fully saturated rings. The topological polar surface area (TPSA) is 83.5 Å². The molecular formula is C19H22FNO4S2. The fourth-order valence-corrected chi connectivity index (χ4v) is 5.99. The molecule has 0 radical (unpaired) electrons. The molecule has 0 aliphatic heterocycles. The number of hydrogen-bond donors (Lipinski definition) is 2. The van der Waals surface area contributed by atoms with Crippen molar-refractivity contribution in [3.8, 4) is 0 Å². The maximum absolute atomic E-state index is 13.0. The maximum Gasteiger partial charge on any atom is 0.306 e. The van der Waals surface area contributed by atoms with Crippen LogP contribution in [-0.2, 0) is 21.2 Å². The van der Waals surface area contributed by atoms with Crippen molar-refractivity contribution in [1.82, 2.24) is 4.72 Å². The lowest BCUT2D eigenvalue weighted by atomic mass is 9.82. The minimum absolute atomic E-state index is 0.163. The van der Waals surface area contributed by atoms with Gasteiger partial charge in [-0.05, 0) is 72.7 Å². The number of nitrogens with one attached hydrogen (secondary N) is 1. The summed E-state index contributed by atoms with van der Waals surface area (Å²) in [5, 5.41) is 10.8. The van der Waals surface area contributed by atoms with Crippen molar-refractivity contribution in [2.45, 2.75) is 36.3 Å². The first kappa shape index (κ1) is 20.0. The molecule has 1 aromatic heterocycles. The number of thiophene rings is 1. The van der Waals surface area contributed by atoms with Gasteiger partial charge < -0.3 is 5.11 Å². The number of sulfonamides is 1. The first-order valence-electron chi connectivity index (χ1n) is 8.88. The molecule has 0 amide bonds. The first-order chi connectivity index (χ1) is 12.8. The zero-order valence-electron chi connectivity index (χ0n) is 14.7. The second-order valence-electron chi connectivity index (χ2n) is 6.94. The van der Waals surface area contributed by atoms with Gasteiger partial charge in [0.15, 0.2) is 0 Å². The Hall–Kier alpha value is -1.77. The van der Waals surface area contributed by atoms with E-state index in [2.05, 4.69) is 4.72 Å². The molecule has 0 saturated heterocycles. The highest BCUT2D eigenvalue weighted by Gasteiger charge is 2.27. The molecule has 1 aromatic carbocycles. The van der Waals surface area contributed by atoms with Crippen LogP contribution in [0.25, 0.3) is 0 Å². The smallest absolute Gasteiger partial charge is 0.306 e. The molecule has 27 heavy (non-hydrogen) atoms. The van der Waals surface area contributed by atoms with Crippen molar-refractivity contribution >= 4 is 27.3 Å². The third-order valence-corrected chi connectivity index (χ3v) is 8.01. The van der Waals surface area contributed by atoms with Gasteiger partial charge in [0.1, 0.15) is 10.0 Å². The molecule has 3 rings (SSSR count). The molecule has 1 aliphatic rings. The third kappa shape index (κ3) is 5.15. The summed E-state index contributed by atoms with van der Waals surface area (Å²) in [5.41, 5.74) is 1.53. The molecule has 0 bridgehead atoms. The zero-order valence-corrected chi connectivity index (χ0v) is 16.4. The van der Waals surface area contributed by atoms with Crippen LogP contribution in [0.1, 0.15) is 36.8 Å². The summed E-state index contributed by atoms with van der Waals surface area (Å²) >= 11 is 1.17. The van der Waals surface area contributed by atoms with E-state index in [-0.39, 0.29) is 21.9 Å². The van der Waals surface area contributed by atoms with Crippen molar-refractivity contribution in [2.75, 3.05) is 6.54 Å². The number of halogens is 1. The number of carboxylic acid groups (broad SMARTS) is 1. The highest BCUT2D eigenvalue weighted by Crippen LogP contribution is 2.30. The van der Waals surface area contributed by atoms with E-state index in [1.807, 2.05) is 0 Å². The Morgan fingerprint density at radius 2 is 1.81 bits per heavy atom. The van der Waals surface area contributed by atoms with Crippen LogP contribution in [0, 0.1) is 17.7 Å². The van der Waals surface area contributed by atoms with Crippen molar-refractivity contribution in [3.63, 3.8) is 0 Å². The van der Waals surface area contributed by atoms with Gasteiger partial charge >= 0.3 is 5.97 Å². The summed E-state index contributed by atoms with van der Waals surface area (Å²) in [7, 11) is -3.63. The van der Waals surface area contributed by atoms with Gasteiger partial charge in [0.05, 0.1) is 5.92 Å². The van der Waals surface area contributed by atoms with Gasteiger partial charge in [-0.15, -0.1) is 11.3 Å². The molecule has 0 atom stereocenters. The minimum atomic E-state index is -3.63. The largest absolute Gasteiger partial charge is 0.481 e. The lowest BCUT2D eigenvalue weighted by molar-refractivity contribution is -0.143. The van der Waals surface area contributed by atoms with Crippen LogP contribution in [0.4, 0.5) is 4.39 Å². The van der Waals surface area contributed by atoms with Gasteiger partial charge in [0.2, 0.25) is 10.0 Å². The number of carboxylic acids is 1. The number of rotatable bonds is 7. The highest BCUT2D eigenvalue weighted by molar-refractivity contribution is 7.91. The Kier molecular flexibility index (Phi) is 6.29. The van der Waals surface area contributed by atoms with Crippen LogP contribution in [0.15, 0.2) is 39.9 Å². The molecule has 5 nitrogen and oxygen atoms in total. The van der Waals surface area contributed by atoms with Crippen LogP contribution in [-0.4, -0.2) is 26.0 Å². The van der Waals surface area contributed by atoms with Crippen molar-refractivity contribution in [2.24, 2.45) is 11.8 Å². The first-order valence-corrected chi connectivity index (χ1v) is 11.2. The van der Waals surface area contributed by atoms with E-state index in [1.54, 1.807) is 23.6 Å². The normalized spacial score (nSPS) is 20.5. The average Bonchev–Trinajstić information content (AvgIpc) is 3.11. The highest BCUT2D eigenvalue weighted by atomic mass is 32.2. The van der Waals surface area contributed by atoms with E-state index in [4.69, 9.17) is 5.11 Å². The van der Waals surface area contributed by atoms with Gasteiger partial charge in [-0.3, -0.25) is 4.79 Å². The number of aliphatic carboxylic acids is 1. The van der Waals surface area contributed by atoms with Crippen LogP contribution >= 0.6 is 11.3 Å². The maximum atomic E-state index is 13.0. The fourth-order valence-electron chi connectivity index (χ4n) is 3.42. The van der Waals surface area contributed by atoms with Gasteiger partial charge in [-0.2, -0.15) is 0 Å². The van der Waals surface area contributed by atoms with Crippen molar-refractivity contribution in [1.29, 1.82) is 0 Å². The lowest BCUT2D eigenvalue weighted by Gasteiger charge is -2.26. The fraction of sp³-hybridized carbons (Fsp3) is 0.421. The van der Waals surface area contributed by atoms with E-state index >= 15 is 0 Å². The second-order valence-corrected chi connectivity index (χ2v) is 9.82. The SMILES string of the molecule is O=C(O)C1CCC(CNS(=O)(=O)c2sccc2Cc2ccc(F)cc2)CC1.